The zero-order chi connectivity index (χ0) is 17.8. The largest absolute Gasteiger partial charge is 0.369 e. The van der Waals surface area contributed by atoms with Crippen LogP contribution in [0.15, 0.2) is 48.5 Å². The van der Waals surface area contributed by atoms with Gasteiger partial charge >= 0.3 is 0 Å². The van der Waals surface area contributed by atoms with Crippen molar-refractivity contribution in [3.8, 4) is 0 Å². The molecule has 0 aromatic heterocycles. The third-order valence-electron chi connectivity index (χ3n) is 5.53. The summed E-state index contributed by atoms with van der Waals surface area (Å²) in [6.45, 7) is 4.91. The maximum absolute atomic E-state index is 12.3. The molecule has 1 heterocycles. The van der Waals surface area contributed by atoms with E-state index in [1.54, 1.807) is 0 Å². The summed E-state index contributed by atoms with van der Waals surface area (Å²) in [5, 5.41) is 3.07. The summed E-state index contributed by atoms with van der Waals surface area (Å²) in [5.74, 6) is 0.119. The number of hydrogen-bond acceptors (Lipinski definition) is 3. The number of nitrogens with one attached hydrogen (secondary N) is 1. The predicted octanol–water partition coefficient (Wildman–Crippen LogP) is 3.33. The van der Waals surface area contributed by atoms with E-state index in [1.807, 2.05) is 6.07 Å². The van der Waals surface area contributed by atoms with Crippen LogP contribution in [0, 0.1) is 0 Å². The smallest absolute Gasteiger partial charge is 0.225 e. The van der Waals surface area contributed by atoms with Gasteiger partial charge in [-0.05, 0) is 54.7 Å². The molecule has 4 rings (SSSR count). The van der Waals surface area contributed by atoms with Crippen LogP contribution in [0.2, 0.25) is 0 Å². The molecule has 26 heavy (non-hydrogen) atoms. The summed E-state index contributed by atoms with van der Waals surface area (Å²) in [5.41, 5.74) is 5.09. The Bertz CT molecular complexity index is 751. The van der Waals surface area contributed by atoms with E-state index in [4.69, 9.17) is 0 Å². The van der Waals surface area contributed by atoms with Gasteiger partial charge in [0.05, 0.1) is 0 Å². The van der Waals surface area contributed by atoms with Crippen LogP contribution in [-0.2, 0) is 17.6 Å². The lowest BCUT2D eigenvalue weighted by Gasteiger charge is -2.36. The molecule has 0 bridgehead atoms. The molecule has 1 fully saturated rings. The molecule has 1 saturated heterocycles. The first-order valence-corrected chi connectivity index (χ1v) is 9.72. The number of amides is 1. The second kappa shape index (κ2) is 7.92. The number of anilines is 2. The molecule has 2 aromatic carbocycles. The van der Waals surface area contributed by atoms with E-state index >= 15 is 0 Å². The molecule has 136 valence electrons. The van der Waals surface area contributed by atoms with Crippen LogP contribution in [0.1, 0.15) is 24.0 Å². The van der Waals surface area contributed by atoms with Gasteiger partial charge in [0.15, 0.2) is 0 Å². The molecule has 0 saturated carbocycles. The molecular formula is C22H27N3O. The standard InChI is InChI=1S/C22H27N3O/c26-22(23-20-10-9-18-5-4-6-19(18)17-20)11-12-24-13-15-25(16-14-24)21-7-2-1-3-8-21/h1-3,7-10,17H,4-6,11-16H2,(H,23,26). The summed E-state index contributed by atoms with van der Waals surface area (Å²) < 4.78 is 0. The minimum Gasteiger partial charge on any atom is -0.369 e. The zero-order valence-corrected chi connectivity index (χ0v) is 15.3. The van der Waals surface area contributed by atoms with Crippen LogP contribution in [0.5, 0.6) is 0 Å². The van der Waals surface area contributed by atoms with Crippen LogP contribution in [0.4, 0.5) is 11.4 Å². The number of nitrogens with zero attached hydrogens (tertiary/aromatic N) is 2. The van der Waals surface area contributed by atoms with Gasteiger partial charge in [-0.1, -0.05) is 24.3 Å². The van der Waals surface area contributed by atoms with Crippen LogP contribution < -0.4 is 10.2 Å². The van der Waals surface area contributed by atoms with E-state index in [0.29, 0.717) is 6.42 Å². The molecule has 0 atom stereocenters. The van der Waals surface area contributed by atoms with Crippen molar-refractivity contribution in [2.45, 2.75) is 25.7 Å². The van der Waals surface area contributed by atoms with Crippen molar-refractivity contribution < 1.29 is 4.79 Å². The molecule has 0 unspecified atom stereocenters. The highest BCUT2D eigenvalue weighted by Crippen LogP contribution is 2.25. The van der Waals surface area contributed by atoms with E-state index < -0.39 is 0 Å². The molecule has 4 nitrogen and oxygen atoms in total. The fourth-order valence-electron chi connectivity index (χ4n) is 4.00. The Morgan fingerprint density at radius 2 is 1.69 bits per heavy atom. The molecule has 4 heteroatoms. The molecular weight excluding hydrogens is 322 g/mol. The Morgan fingerprint density at radius 3 is 2.50 bits per heavy atom. The number of fused-ring (bicyclic) bond motifs is 1. The molecule has 1 aliphatic carbocycles. The van der Waals surface area contributed by atoms with Gasteiger partial charge in [0.1, 0.15) is 0 Å². The zero-order valence-electron chi connectivity index (χ0n) is 15.3. The summed E-state index contributed by atoms with van der Waals surface area (Å²) in [6.07, 6.45) is 4.12. The quantitative estimate of drug-likeness (QED) is 0.899. The molecule has 1 N–H and O–H groups in total. The van der Waals surface area contributed by atoms with E-state index in [-0.39, 0.29) is 5.91 Å². The minimum absolute atomic E-state index is 0.119. The molecule has 1 amide bonds. The first-order valence-electron chi connectivity index (χ1n) is 9.72. The summed E-state index contributed by atoms with van der Waals surface area (Å²) in [4.78, 5) is 17.1. The Morgan fingerprint density at radius 1 is 0.923 bits per heavy atom. The number of benzene rings is 2. The molecule has 0 radical (unpaired) electrons. The van der Waals surface area contributed by atoms with E-state index in [9.17, 15) is 4.79 Å². The molecule has 2 aromatic rings. The van der Waals surface area contributed by atoms with Crippen LogP contribution >= 0.6 is 0 Å². The van der Waals surface area contributed by atoms with Crippen molar-refractivity contribution in [3.05, 3.63) is 59.7 Å². The second-order valence-corrected chi connectivity index (χ2v) is 7.30. The SMILES string of the molecule is O=C(CCN1CCN(c2ccccc2)CC1)Nc1ccc2c(c1)CCC2. The van der Waals surface area contributed by atoms with Gasteiger partial charge in [-0.2, -0.15) is 0 Å². The summed E-state index contributed by atoms with van der Waals surface area (Å²) in [6, 6.07) is 16.9. The van der Waals surface area contributed by atoms with Crippen molar-refractivity contribution in [3.63, 3.8) is 0 Å². The number of hydrogen-bond donors (Lipinski definition) is 1. The predicted molar refractivity (Wildman–Crippen MR) is 107 cm³/mol. The van der Waals surface area contributed by atoms with Gasteiger partial charge in [0, 0.05) is 50.5 Å². The van der Waals surface area contributed by atoms with Crippen LogP contribution in [0.3, 0.4) is 0 Å². The van der Waals surface area contributed by atoms with Gasteiger partial charge in [0.25, 0.3) is 0 Å². The van der Waals surface area contributed by atoms with Crippen molar-refractivity contribution in [1.82, 2.24) is 4.90 Å². The summed E-state index contributed by atoms with van der Waals surface area (Å²) >= 11 is 0. The van der Waals surface area contributed by atoms with Gasteiger partial charge < -0.3 is 10.2 Å². The van der Waals surface area contributed by atoms with Gasteiger partial charge in [0.2, 0.25) is 5.91 Å². The first kappa shape index (κ1) is 17.1. The third-order valence-corrected chi connectivity index (χ3v) is 5.53. The van der Waals surface area contributed by atoms with Gasteiger partial charge in [-0.15, -0.1) is 0 Å². The maximum atomic E-state index is 12.3. The topological polar surface area (TPSA) is 35.6 Å². The average Bonchev–Trinajstić information content (AvgIpc) is 3.15. The molecule has 2 aliphatic rings. The number of aryl methyl sites for hydroxylation is 2. The van der Waals surface area contributed by atoms with Gasteiger partial charge in [-0.3, -0.25) is 9.69 Å². The Kier molecular flexibility index (Phi) is 5.21. The lowest BCUT2D eigenvalue weighted by atomic mass is 10.1. The van der Waals surface area contributed by atoms with Crippen molar-refractivity contribution in [1.29, 1.82) is 0 Å². The van der Waals surface area contributed by atoms with Crippen LogP contribution in [0.25, 0.3) is 0 Å². The molecule has 1 aliphatic heterocycles. The van der Waals surface area contributed by atoms with Gasteiger partial charge in [-0.25, -0.2) is 0 Å². The highest BCUT2D eigenvalue weighted by molar-refractivity contribution is 5.91. The third kappa shape index (κ3) is 4.07. The lowest BCUT2D eigenvalue weighted by Crippen LogP contribution is -2.47. The highest BCUT2D eigenvalue weighted by atomic mass is 16.1. The Labute approximate surface area is 155 Å². The van der Waals surface area contributed by atoms with E-state index in [1.165, 1.54) is 29.7 Å². The fourth-order valence-corrected chi connectivity index (χ4v) is 4.00. The van der Waals surface area contributed by atoms with E-state index in [0.717, 1.165) is 44.8 Å². The second-order valence-electron chi connectivity index (χ2n) is 7.30. The van der Waals surface area contributed by atoms with Crippen molar-refractivity contribution in [2.75, 3.05) is 42.9 Å². The Balaban J connectivity index is 1.22. The highest BCUT2D eigenvalue weighted by Gasteiger charge is 2.18. The monoisotopic (exact) mass is 349 g/mol. The number of carbonyl (C=O) groups excluding carboxylic acids is 1. The summed E-state index contributed by atoms with van der Waals surface area (Å²) in [7, 11) is 0. The number of piperazine rings is 1. The lowest BCUT2D eigenvalue weighted by molar-refractivity contribution is -0.116. The number of carbonyl (C=O) groups is 1. The number of para-hydroxylation sites is 1. The van der Waals surface area contributed by atoms with Crippen molar-refractivity contribution in [2.24, 2.45) is 0 Å². The molecule has 0 spiro atoms. The maximum Gasteiger partial charge on any atom is 0.225 e. The minimum atomic E-state index is 0.119. The average molecular weight is 349 g/mol. The van der Waals surface area contributed by atoms with Crippen LogP contribution in [-0.4, -0.2) is 43.5 Å². The normalized spacial score (nSPS) is 17.2. The number of rotatable bonds is 5. The fraction of sp³-hybridized carbons (Fsp3) is 0.409. The van der Waals surface area contributed by atoms with E-state index in [2.05, 4.69) is 57.6 Å². The first-order chi connectivity index (χ1) is 12.8. The van der Waals surface area contributed by atoms with Crippen molar-refractivity contribution >= 4 is 17.3 Å². The Hall–Kier alpha value is -2.33.